The van der Waals surface area contributed by atoms with Crippen molar-refractivity contribution in [3.63, 3.8) is 0 Å². The zero-order valence-electron chi connectivity index (χ0n) is 13.1. The maximum absolute atomic E-state index is 12.0. The van der Waals surface area contributed by atoms with Crippen molar-refractivity contribution < 1.29 is 14.6 Å². The summed E-state index contributed by atoms with van der Waals surface area (Å²) in [5.74, 6) is 0.271. The first-order valence-corrected chi connectivity index (χ1v) is 7.41. The minimum Gasteiger partial charge on any atom is -0.396 e. The molecule has 5 nitrogen and oxygen atoms in total. The van der Waals surface area contributed by atoms with Crippen LogP contribution in [-0.2, 0) is 11.3 Å². The van der Waals surface area contributed by atoms with Gasteiger partial charge in [0.2, 0.25) is 0 Å². The molecule has 0 saturated carbocycles. The minimum atomic E-state index is -0.254. The Kier molecular flexibility index (Phi) is 7.79. The van der Waals surface area contributed by atoms with E-state index in [9.17, 15) is 4.79 Å². The lowest BCUT2D eigenvalue weighted by molar-refractivity contribution is 0.134. The molecule has 0 aliphatic heterocycles. The van der Waals surface area contributed by atoms with Gasteiger partial charge in [-0.2, -0.15) is 0 Å². The summed E-state index contributed by atoms with van der Waals surface area (Å²) in [6.45, 7) is 7.24. The number of aliphatic hydroxyl groups is 1. The molecule has 1 unspecified atom stereocenters. The van der Waals surface area contributed by atoms with E-state index in [0.717, 1.165) is 11.3 Å². The molecule has 0 heterocycles. The van der Waals surface area contributed by atoms with E-state index in [-0.39, 0.29) is 24.6 Å². The molecule has 3 N–H and O–H groups in total. The minimum absolute atomic E-state index is 0.0402. The molecular formula is C16H26N2O3. The van der Waals surface area contributed by atoms with Crippen molar-refractivity contribution in [2.45, 2.75) is 39.8 Å². The molecule has 0 bridgehead atoms. The first-order chi connectivity index (χ1) is 10.1. The molecule has 5 heteroatoms. The van der Waals surface area contributed by atoms with Gasteiger partial charge in [0.15, 0.2) is 0 Å². The first-order valence-electron chi connectivity index (χ1n) is 7.41. The Morgan fingerprint density at radius 1 is 1.38 bits per heavy atom. The van der Waals surface area contributed by atoms with Crippen molar-refractivity contribution in [1.29, 1.82) is 0 Å². The second-order valence-corrected chi connectivity index (χ2v) is 5.30. The first kappa shape index (κ1) is 17.5. The summed E-state index contributed by atoms with van der Waals surface area (Å²) in [5.41, 5.74) is 1.75. The van der Waals surface area contributed by atoms with E-state index in [4.69, 9.17) is 9.84 Å². The molecule has 0 saturated heterocycles. The Balaban J connectivity index is 2.57. The molecule has 0 spiro atoms. The van der Waals surface area contributed by atoms with Crippen LogP contribution in [0.4, 0.5) is 10.5 Å². The number of amides is 2. The molecule has 0 aromatic heterocycles. The van der Waals surface area contributed by atoms with Crippen LogP contribution in [0.15, 0.2) is 24.3 Å². The van der Waals surface area contributed by atoms with E-state index in [1.165, 1.54) is 0 Å². The zero-order chi connectivity index (χ0) is 15.7. The highest BCUT2D eigenvalue weighted by Gasteiger charge is 2.15. The third kappa shape index (κ3) is 6.60. The van der Waals surface area contributed by atoms with E-state index in [0.29, 0.717) is 19.6 Å². The van der Waals surface area contributed by atoms with Crippen LogP contribution in [0.5, 0.6) is 0 Å². The lowest BCUT2D eigenvalue weighted by atomic mass is 10.0. The number of urea groups is 1. The van der Waals surface area contributed by atoms with Gasteiger partial charge in [-0.1, -0.05) is 26.0 Å². The van der Waals surface area contributed by atoms with Gasteiger partial charge in [0, 0.05) is 24.9 Å². The van der Waals surface area contributed by atoms with Gasteiger partial charge in [-0.15, -0.1) is 0 Å². The number of ether oxygens (including phenoxy) is 1. The number of anilines is 1. The fourth-order valence-electron chi connectivity index (χ4n) is 2.01. The van der Waals surface area contributed by atoms with Crippen molar-refractivity contribution in [3.05, 3.63) is 29.8 Å². The van der Waals surface area contributed by atoms with Crippen LogP contribution in [0.2, 0.25) is 0 Å². The summed E-state index contributed by atoms with van der Waals surface area (Å²) in [6.07, 6.45) is 0.551. The molecule has 1 aromatic carbocycles. The summed E-state index contributed by atoms with van der Waals surface area (Å²) in [6, 6.07) is 7.29. The summed E-state index contributed by atoms with van der Waals surface area (Å²) < 4.78 is 5.35. The molecular weight excluding hydrogens is 268 g/mol. The number of rotatable bonds is 8. The predicted octanol–water partition coefficient (Wildman–Crippen LogP) is 2.75. The number of carbonyl (C=O) groups is 1. The molecule has 1 aromatic rings. The van der Waals surface area contributed by atoms with Crippen LogP contribution in [0.25, 0.3) is 0 Å². The lowest BCUT2D eigenvalue weighted by Gasteiger charge is -2.21. The van der Waals surface area contributed by atoms with Gasteiger partial charge in [0.1, 0.15) is 0 Å². The van der Waals surface area contributed by atoms with E-state index < -0.39 is 0 Å². The zero-order valence-corrected chi connectivity index (χ0v) is 13.1. The van der Waals surface area contributed by atoms with Crippen LogP contribution in [-0.4, -0.2) is 30.4 Å². The molecule has 0 aliphatic carbocycles. The molecule has 2 amide bonds. The third-order valence-electron chi connectivity index (χ3n) is 3.22. The van der Waals surface area contributed by atoms with Crippen LogP contribution < -0.4 is 10.6 Å². The van der Waals surface area contributed by atoms with Gasteiger partial charge < -0.3 is 20.5 Å². The summed E-state index contributed by atoms with van der Waals surface area (Å²) in [7, 11) is 0. The normalized spacial score (nSPS) is 12.2. The summed E-state index contributed by atoms with van der Waals surface area (Å²) in [4.78, 5) is 12.0. The van der Waals surface area contributed by atoms with Crippen LogP contribution in [0.1, 0.15) is 32.8 Å². The molecule has 0 radical (unpaired) electrons. The van der Waals surface area contributed by atoms with Gasteiger partial charge in [-0.3, -0.25) is 0 Å². The topological polar surface area (TPSA) is 70.6 Å². The highest BCUT2D eigenvalue weighted by atomic mass is 16.5. The summed E-state index contributed by atoms with van der Waals surface area (Å²) >= 11 is 0. The number of hydrogen-bond acceptors (Lipinski definition) is 3. The van der Waals surface area contributed by atoms with Gasteiger partial charge >= 0.3 is 6.03 Å². The van der Waals surface area contributed by atoms with Crippen molar-refractivity contribution >= 4 is 11.7 Å². The predicted molar refractivity (Wildman–Crippen MR) is 84.3 cm³/mol. The van der Waals surface area contributed by atoms with E-state index in [1.54, 1.807) is 0 Å². The number of hydrogen-bond donors (Lipinski definition) is 3. The SMILES string of the molecule is CCOCc1cccc(NC(=O)NC(CCO)C(C)C)c1. The molecule has 0 aliphatic rings. The Bertz CT molecular complexity index is 435. The van der Waals surface area contributed by atoms with E-state index in [1.807, 2.05) is 45.0 Å². The number of carbonyl (C=O) groups excluding carboxylic acids is 1. The van der Waals surface area contributed by atoms with Gasteiger partial charge in [0.25, 0.3) is 0 Å². The molecule has 1 atom stereocenters. The Hall–Kier alpha value is -1.59. The maximum Gasteiger partial charge on any atom is 0.319 e. The van der Waals surface area contributed by atoms with Gasteiger partial charge in [0.05, 0.1) is 6.61 Å². The molecule has 0 fully saturated rings. The second kappa shape index (κ2) is 9.37. The largest absolute Gasteiger partial charge is 0.396 e. The maximum atomic E-state index is 12.0. The smallest absolute Gasteiger partial charge is 0.319 e. The number of benzene rings is 1. The van der Waals surface area contributed by atoms with Crippen LogP contribution in [0, 0.1) is 5.92 Å². The molecule has 21 heavy (non-hydrogen) atoms. The monoisotopic (exact) mass is 294 g/mol. The standard InChI is InChI=1S/C16H26N2O3/c1-4-21-11-13-6-5-7-14(10-13)17-16(20)18-15(8-9-19)12(2)3/h5-7,10,12,15,19H,4,8-9,11H2,1-3H3,(H2,17,18,20). The van der Waals surface area contributed by atoms with E-state index >= 15 is 0 Å². The average Bonchev–Trinajstić information content (AvgIpc) is 2.45. The van der Waals surface area contributed by atoms with Crippen molar-refractivity contribution in [2.24, 2.45) is 5.92 Å². The third-order valence-corrected chi connectivity index (χ3v) is 3.22. The van der Waals surface area contributed by atoms with Crippen LogP contribution >= 0.6 is 0 Å². The van der Waals surface area contributed by atoms with E-state index in [2.05, 4.69) is 10.6 Å². The number of nitrogens with one attached hydrogen (secondary N) is 2. The van der Waals surface area contributed by atoms with Crippen molar-refractivity contribution in [1.82, 2.24) is 5.32 Å². The van der Waals surface area contributed by atoms with Crippen molar-refractivity contribution in [3.8, 4) is 0 Å². The Morgan fingerprint density at radius 3 is 2.76 bits per heavy atom. The highest BCUT2D eigenvalue weighted by Crippen LogP contribution is 2.12. The highest BCUT2D eigenvalue weighted by molar-refractivity contribution is 5.89. The summed E-state index contributed by atoms with van der Waals surface area (Å²) in [5, 5.41) is 14.7. The molecule has 1 rings (SSSR count). The second-order valence-electron chi connectivity index (χ2n) is 5.30. The fraction of sp³-hybridized carbons (Fsp3) is 0.562. The van der Waals surface area contributed by atoms with Gasteiger partial charge in [-0.25, -0.2) is 4.79 Å². The fourth-order valence-corrected chi connectivity index (χ4v) is 2.01. The van der Waals surface area contributed by atoms with Crippen LogP contribution in [0.3, 0.4) is 0 Å². The van der Waals surface area contributed by atoms with Crippen molar-refractivity contribution in [2.75, 3.05) is 18.5 Å². The van der Waals surface area contributed by atoms with Gasteiger partial charge in [-0.05, 0) is 37.0 Å². The molecule has 118 valence electrons. The average molecular weight is 294 g/mol. The quantitative estimate of drug-likeness (QED) is 0.690. The lowest BCUT2D eigenvalue weighted by Crippen LogP contribution is -2.41. The Morgan fingerprint density at radius 2 is 2.14 bits per heavy atom. The Labute approximate surface area is 126 Å². The number of aliphatic hydroxyl groups excluding tert-OH is 1.